The number of benzene rings is 1. The van der Waals surface area contributed by atoms with E-state index in [-0.39, 0.29) is 11.6 Å². The normalized spacial score (nSPS) is 11.1. The smallest absolute Gasteiger partial charge is 0.359 e. The molecule has 0 radical (unpaired) electrons. The van der Waals surface area contributed by atoms with Gasteiger partial charge in [0.25, 0.3) is 0 Å². The van der Waals surface area contributed by atoms with Gasteiger partial charge in [-0.3, -0.25) is 4.98 Å². The molecule has 0 aliphatic heterocycles. The number of halogens is 4. The minimum absolute atomic E-state index is 0.166. The Hall–Kier alpha value is -1.86. The third-order valence-corrected chi connectivity index (χ3v) is 3.58. The van der Waals surface area contributed by atoms with Crippen LogP contribution in [0.15, 0.2) is 42.7 Å². The second kappa shape index (κ2) is 7.61. The van der Waals surface area contributed by atoms with E-state index in [2.05, 4.69) is 15.6 Å². The van der Waals surface area contributed by atoms with E-state index >= 15 is 0 Å². The predicted molar refractivity (Wildman–Crippen MR) is 87.0 cm³/mol. The van der Waals surface area contributed by atoms with Gasteiger partial charge in [-0.1, -0.05) is 23.7 Å². The Balaban J connectivity index is 1.89. The van der Waals surface area contributed by atoms with Crippen LogP contribution >= 0.6 is 23.8 Å². The van der Waals surface area contributed by atoms with Crippen LogP contribution in [0.25, 0.3) is 0 Å². The van der Waals surface area contributed by atoms with E-state index < -0.39 is 11.7 Å². The quantitative estimate of drug-likeness (QED) is 0.811. The Morgan fingerprint density at radius 3 is 2.43 bits per heavy atom. The summed E-state index contributed by atoms with van der Waals surface area (Å²) in [7, 11) is 0. The maximum absolute atomic E-state index is 12.8. The summed E-state index contributed by atoms with van der Waals surface area (Å²) in [4.78, 5) is 3.97. The molecular formula is C15H13ClF3N3S. The van der Waals surface area contributed by atoms with Gasteiger partial charge in [-0.05, 0) is 41.5 Å². The van der Waals surface area contributed by atoms with Crippen molar-refractivity contribution in [1.29, 1.82) is 0 Å². The Labute approximate surface area is 141 Å². The van der Waals surface area contributed by atoms with Crippen molar-refractivity contribution in [3.8, 4) is 0 Å². The highest BCUT2D eigenvalue weighted by molar-refractivity contribution is 7.80. The Morgan fingerprint density at radius 2 is 1.83 bits per heavy atom. The third-order valence-electron chi connectivity index (χ3n) is 2.97. The fourth-order valence-corrected chi connectivity index (χ4v) is 2.20. The molecule has 8 heteroatoms. The van der Waals surface area contributed by atoms with E-state index in [0.29, 0.717) is 17.2 Å². The first-order chi connectivity index (χ1) is 10.9. The number of rotatable bonds is 4. The van der Waals surface area contributed by atoms with Crippen LogP contribution in [0.5, 0.6) is 0 Å². The van der Waals surface area contributed by atoms with Crippen LogP contribution in [0.4, 0.5) is 13.2 Å². The third kappa shape index (κ3) is 5.37. The van der Waals surface area contributed by atoms with E-state index in [1.807, 2.05) is 6.07 Å². The monoisotopic (exact) mass is 359 g/mol. The van der Waals surface area contributed by atoms with Crippen molar-refractivity contribution in [2.75, 3.05) is 0 Å². The zero-order chi connectivity index (χ0) is 16.9. The number of alkyl halides is 3. The van der Waals surface area contributed by atoms with Gasteiger partial charge < -0.3 is 10.6 Å². The Morgan fingerprint density at radius 1 is 1.13 bits per heavy atom. The SMILES string of the molecule is FC(F)(F)c1cc(CNC(=S)NCc2cccnc2)ccc1Cl. The lowest BCUT2D eigenvalue weighted by atomic mass is 10.1. The fraction of sp³-hybridized carbons (Fsp3) is 0.200. The van der Waals surface area contributed by atoms with Gasteiger partial charge in [0.2, 0.25) is 0 Å². The van der Waals surface area contributed by atoms with Crippen LogP contribution in [0.3, 0.4) is 0 Å². The van der Waals surface area contributed by atoms with Crippen LogP contribution < -0.4 is 10.6 Å². The van der Waals surface area contributed by atoms with Gasteiger partial charge in [-0.2, -0.15) is 13.2 Å². The molecule has 1 aromatic heterocycles. The molecule has 0 unspecified atom stereocenters. The second-order valence-electron chi connectivity index (χ2n) is 4.71. The molecule has 0 bridgehead atoms. The lowest BCUT2D eigenvalue weighted by Gasteiger charge is -2.13. The lowest BCUT2D eigenvalue weighted by Crippen LogP contribution is -2.34. The lowest BCUT2D eigenvalue weighted by molar-refractivity contribution is -0.137. The second-order valence-corrected chi connectivity index (χ2v) is 5.52. The highest BCUT2D eigenvalue weighted by Crippen LogP contribution is 2.35. The van der Waals surface area contributed by atoms with E-state index in [0.717, 1.165) is 11.6 Å². The molecule has 0 aliphatic carbocycles. The number of hydrogen-bond acceptors (Lipinski definition) is 2. The molecule has 3 nitrogen and oxygen atoms in total. The van der Waals surface area contributed by atoms with Crippen molar-refractivity contribution in [2.24, 2.45) is 0 Å². The van der Waals surface area contributed by atoms with Crippen LogP contribution in [-0.4, -0.2) is 10.1 Å². The molecule has 2 N–H and O–H groups in total. The van der Waals surface area contributed by atoms with E-state index in [1.54, 1.807) is 18.5 Å². The van der Waals surface area contributed by atoms with Gasteiger partial charge in [-0.25, -0.2) is 0 Å². The maximum atomic E-state index is 12.8. The molecule has 0 fully saturated rings. The average molecular weight is 360 g/mol. The highest BCUT2D eigenvalue weighted by Gasteiger charge is 2.33. The van der Waals surface area contributed by atoms with Gasteiger partial charge in [0.15, 0.2) is 5.11 Å². The minimum Gasteiger partial charge on any atom is -0.359 e. The number of nitrogens with one attached hydrogen (secondary N) is 2. The zero-order valence-corrected chi connectivity index (χ0v) is 13.4. The molecule has 0 saturated heterocycles. The number of thiocarbonyl (C=S) groups is 1. The molecule has 2 aromatic rings. The molecule has 1 heterocycles. The standard InChI is InChI=1S/C15H13ClF3N3S/c16-13-4-3-10(6-12(13)15(17,18)19)8-21-14(23)22-9-11-2-1-5-20-7-11/h1-7H,8-9H2,(H2,21,22,23). The summed E-state index contributed by atoms with van der Waals surface area (Å²) in [5.74, 6) is 0. The maximum Gasteiger partial charge on any atom is 0.417 e. The largest absolute Gasteiger partial charge is 0.417 e. The molecule has 0 amide bonds. The molecule has 0 spiro atoms. The van der Waals surface area contributed by atoms with Gasteiger partial charge in [0, 0.05) is 25.5 Å². The number of hydrogen-bond donors (Lipinski definition) is 2. The van der Waals surface area contributed by atoms with Crippen molar-refractivity contribution in [2.45, 2.75) is 19.3 Å². The molecule has 0 aliphatic rings. The van der Waals surface area contributed by atoms with Crippen LogP contribution in [0.1, 0.15) is 16.7 Å². The topological polar surface area (TPSA) is 37.0 Å². The Bertz CT molecular complexity index is 677. The fourth-order valence-electron chi connectivity index (χ4n) is 1.83. The van der Waals surface area contributed by atoms with E-state index in [1.165, 1.54) is 12.1 Å². The number of aromatic nitrogens is 1. The molecule has 0 saturated carbocycles. The summed E-state index contributed by atoms with van der Waals surface area (Å²) in [5.41, 5.74) is 0.530. The molecule has 122 valence electrons. The van der Waals surface area contributed by atoms with Crippen LogP contribution in [0, 0.1) is 0 Å². The summed E-state index contributed by atoms with van der Waals surface area (Å²) >= 11 is 10.7. The molecular weight excluding hydrogens is 347 g/mol. The molecule has 23 heavy (non-hydrogen) atoms. The number of nitrogens with zero attached hydrogens (tertiary/aromatic N) is 1. The van der Waals surface area contributed by atoms with Gasteiger partial charge >= 0.3 is 6.18 Å². The van der Waals surface area contributed by atoms with E-state index in [4.69, 9.17) is 23.8 Å². The molecule has 0 atom stereocenters. The summed E-state index contributed by atoms with van der Waals surface area (Å²) in [6.07, 6.45) is -1.12. The highest BCUT2D eigenvalue weighted by atomic mass is 35.5. The minimum atomic E-state index is -4.48. The zero-order valence-electron chi connectivity index (χ0n) is 11.8. The van der Waals surface area contributed by atoms with Crippen molar-refractivity contribution < 1.29 is 13.2 Å². The van der Waals surface area contributed by atoms with Gasteiger partial charge in [-0.15, -0.1) is 0 Å². The van der Waals surface area contributed by atoms with Crippen molar-refractivity contribution >= 4 is 28.9 Å². The van der Waals surface area contributed by atoms with Crippen molar-refractivity contribution in [3.63, 3.8) is 0 Å². The van der Waals surface area contributed by atoms with Crippen LogP contribution in [0.2, 0.25) is 5.02 Å². The first kappa shape index (κ1) is 17.5. The predicted octanol–water partition coefficient (Wildman–Crippen LogP) is 3.92. The molecule has 2 rings (SSSR count). The summed E-state index contributed by atoms with van der Waals surface area (Å²) in [5, 5.41) is 5.84. The summed E-state index contributed by atoms with van der Waals surface area (Å²) in [6.45, 7) is 0.646. The molecule has 1 aromatic carbocycles. The summed E-state index contributed by atoms with van der Waals surface area (Å²) < 4.78 is 38.4. The number of pyridine rings is 1. The first-order valence-corrected chi connectivity index (χ1v) is 7.41. The first-order valence-electron chi connectivity index (χ1n) is 6.62. The van der Waals surface area contributed by atoms with Gasteiger partial charge in [0.1, 0.15) is 0 Å². The average Bonchev–Trinajstić information content (AvgIpc) is 2.52. The van der Waals surface area contributed by atoms with Gasteiger partial charge in [0.05, 0.1) is 10.6 Å². The van der Waals surface area contributed by atoms with Crippen LogP contribution in [-0.2, 0) is 19.3 Å². The van der Waals surface area contributed by atoms with E-state index in [9.17, 15) is 13.2 Å². The van der Waals surface area contributed by atoms with Crippen molar-refractivity contribution in [3.05, 3.63) is 64.4 Å². The Kier molecular flexibility index (Phi) is 5.79. The van der Waals surface area contributed by atoms with Crippen molar-refractivity contribution in [1.82, 2.24) is 15.6 Å². The summed E-state index contributed by atoms with van der Waals surface area (Å²) in [6, 6.07) is 7.46.